The Kier molecular flexibility index (Phi) is 7.23. The van der Waals surface area contributed by atoms with Crippen LogP contribution in [0.2, 0.25) is 0 Å². The van der Waals surface area contributed by atoms with Crippen LogP contribution in [-0.2, 0) is 13.2 Å². The van der Waals surface area contributed by atoms with Crippen LogP contribution in [0.3, 0.4) is 0 Å². The molecule has 33 heavy (non-hydrogen) atoms. The van der Waals surface area contributed by atoms with E-state index in [9.17, 15) is 4.79 Å². The molecule has 0 spiro atoms. The Labute approximate surface area is 194 Å². The van der Waals surface area contributed by atoms with E-state index in [0.717, 1.165) is 11.1 Å². The van der Waals surface area contributed by atoms with Gasteiger partial charge in [0.1, 0.15) is 30.5 Å². The van der Waals surface area contributed by atoms with Crippen molar-refractivity contribution in [3.63, 3.8) is 0 Å². The molecular formula is C24H23N3O5S. The lowest BCUT2D eigenvalue weighted by Gasteiger charge is -2.10. The predicted molar refractivity (Wildman–Crippen MR) is 127 cm³/mol. The van der Waals surface area contributed by atoms with Crippen LogP contribution in [0.15, 0.2) is 66.2 Å². The summed E-state index contributed by atoms with van der Waals surface area (Å²) in [5.41, 5.74) is 8.01. The van der Waals surface area contributed by atoms with Gasteiger partial charge in [0, 0.05) is 23.6 Å². The number of fused-ring (bicyclic) bond motifs is 1. The molecule has 2 heterocycles. The number of aromatic nitrogens is 1. The van der Waals surface area contributed by atoms with Crippen molar-refractivity contribution in [2.45, 2.75) is 13.2 Å². The van der Waals surface area contributed by atoms with E-state index in [2.05, 4.69) is 10.3 Å². The number of amides is 1. The second kappa shape index (κ2) is 10.7. The molecule has 0 fully saturated rings. The third-order valence-corrected chi connectivity index (χ3v) is 5.74. The van der Waals surface area contributed by atoms with Crippen molar-refractivity contribution in [2.24, 2.45) is 0 Å². The Bertz CT molecular complexity index is 1230. The molecule has 8 nitrogen and oxygen atoms in total. The van der Waals surface area contributed by atoms with E-state index < -0.39 is 6.09 Å². The van der Waals surface area contributed by atoms with Crippen LogP contribution < -0.4 is 25.3 Å². The van der Waals surface area contributed by atoms with Gasteiger partial charge in [0.05, 0.1) is 17.5 Å². The van der Waals surface area contributed by atoms with E-state index in [-0.39, 0.29) is 19.8 Å². The second-order valence-corrected chi connectivity index (χ2v) is 7.93. The number of nitrogen functional groups attached to an aromatic ring is 1. The lowest BCUT2D eigenvalue weighted by molar-refractivity contribution is 0.196. The van der Waals surface area contributed by atoms with Gasteiger partial charge in [-0.2, -0.15) is 0 Å². The first-order valence-electron chi connectivity index (χ1n) is 10.2. The van der Waals surface area contributed by atoms with E-state index in [1.54, 1.807) is 0 Å². The number of nitrogens with zero attached hydrogens (tertiary/aromatic N) is 1. The summed E-state index contributed by atoms with van der Waals surface area (Å²) in [5, 5.41) is 13.8. The molecule has 0 saturated heterocycles. The molecule has 0 aliphatic heterocycles. The summed E-state index contributed by atoms with van der Waals surface area (Å²) in [6.45, 7) is 0.649. The lowest BCUT2D eigenvalue weighted by atomic mass is 10.2. The highest BCUT2D eigenvalue weighted by Gasteiger charge is 2.16. The van der Waals surface area contributed by atoms with Gasteiger partial charge in [-0.25, -0.2) is 9.78 Å². The minimum atomic E-state index is -0.671. The zero-order valence-corrected chi connectivity index (χ0v) is 18.5. The number of nitrogens with one attached hydrogen (secondary N) is 1. The first-order chi connectivity index (χ1) is 16.1. The van der Waals surface area contributed by atoms with Crippen LogP contribution in [0.1, 0.15) is 11.1 Å². The molecule has 0 unspecified atom stereocenters. The highest BCUT2D eigenvalue weighted by atomic mass is 32.1. The number of ether oxygens (including phenoxy) is 3. The smallest absolute Gasteiger partial charge is 0.412 e. The van der Waals surface area contributed by atoms with Gasteiger partial charge in [-0.3, -0.25) is 0 Å². The molecule has 0 aliphatic rings. The van der Waals surface area contributed by atoms with Crippen molar-refractivity contribution in [1.29, 1.82) is 0 Å². The van der Waals surface area contributed by atoms with Gasteiger partial charge in [0.25, 0.3) is 0 Å². The largest absolute Gasteiger partial charge is 0.489 e. The van der Waals surface area contributed by atoms with E-state index in [0.29, 0.717) is 39.8 Å². The Balaban J connectivity index is 1.44. The first kappa shape index (κ1) is 22.4. The zero-order valence-electron chi connectivity index (χ0n) is 17.7. The Morgan fingerprint density at radius 2 is 1.82 bits per heavy atom. The summed E-state index contributed by atoms with van der Waals surface area (Å²) in [4.78, 5) is 16.0. The van der Waals surface area contributed by atoms with Crippen LogP contribution in [0, 0.1) is 0 Å². The van der Waals surface area contributed by atoms with E-state index >= 15 is 0 Å². The van der Waals surface area contributed by atoms with Crippen LogP contribution >= 0.6 is 11.3 Å². The second-order valence-electron chi connectivity index (χ2n) is 7.05. The number of hydrogen-bond donors (Lipinski definition) is 3. The molecule has 9 heteroatoms. The van der Waals surface area contributed by atoms with Gasteiger partial charge in [-0.05, 0) is 23.1 Å². The summed E-state index contributed by atoms with van der Waals surface area (Å²) >= 11 is 1.39. The minimum Gasteiger partial charge on any atom is -0.489 e. The molecule has 0 saturated carbocycles. The van der Waals surface area contributed by atoms with Crippen LogP contribution in [-0.4, -0.2) is 29.3 Å². The van der Waals surface area contributed by atoms with E-state index in [4.69, 9.17) is 25.1 Å². The maximum atomic E-state index is 11.9. The number of hydrogen-bond acceptors (Lipinski definition) is 8. The quantitative estimate of drug-likeness (QED) is 0.341. The Morgan fingerprint density at radius 3 is 2.58 bits per heavy atom. The third kappa shape index (κ3) is 5.71. The van der Waals surface area contributed by atoms with E-state index in [1.807, 2.05) is 60.0 Å². The number of anilines is 1. The standard InChI is InChI=1S/C24H23N3O5S/c25-23-21-17(15-33-22(21)20(12-27-23)32-24(29)26-9-10-28)14-31-19-8-4-7-18(11-19)30-13-16-5-2-1-3-6-16/h1-8,11-12,15,28H,9-10,13-14H2,(H2,25,27)(H,26,29). The number of nitrogens with two attached hydrogens (primary N) is 1. The molecule has 4 aromatic rings. The molecule has 170 valence electrons. The molecule has 1 amide bonds. The maximum Gasteiger partial charge on any atom is 0.412 e. The molecular weight excluding hydrogens is 442 g/mol. The van der Waals surface area contributed by atoms with Crippen LogP contribution in [0.5, 0.6) is 17.2 Å². The van der Waals surface area contributed by atoms with Crippen LogP contribution in [0.25, 0.3) is 10.1 Å². The fraction of sp³-hybridized carbons (Fsp3) is 0.167. The van der Waals surface area contributed by atoms with E-state index in [1.165, 1.54) is 17.5 Å². The normalized spacial score (nSPS) is 10.7. The molecule has 0 radical (unpaired) electrons. The van der Waals surface area contributed by atoms with Gasteiger partial charge in [0.15, 0.2) is 5.75 Å². The number of benzene rings is 2. The summed E-state index contributed by atoms with van der Waals surface area (Å²) in [5.74, 6) is 1.98. The number of aliphatic hydroxyl groups is 1. The summed E-state index contributed by atoms with van der Waals surface area (Å²) in [6.07, 6.45) is 0.737. The summed E-state index contributed by atoms with van der Waals surface area (Å²) in [7, 11) is 0. The molecule has 4 rings (SSSR count). The Morgan fingerprint density at radius 1 is 1.06 bits per heavy atom. The molecule has 0 atom stereocenters. The monoisotopic (exact) mass is 465 g/mol. The average molecular weight is 466 g/mol. The van der Waals surface area contributed by atoms with Crippen molar-refractivity contribution in [1.82, 2.24) is 10.3 Å². The minimum absolute atomic E-state index is 0.0992. The van der Waals surface area contributed by atoms with Crippen LogP contribution in [0.4, 0.5) is 10.6 Å². The number of carbonyl (C=O) groups is 1. The zero-order chi connectivity index (χ0) is 23.0. The van der Waals surface area contributed by atoms with Crippen molar-refractivity contribution in [3.8, 4) is 17.2 Å². The van der Waals surface area contributed by atoms with Crippen molar-refractivity contribution >= 4 is 33.3 Å². The summed E-state index contributed by atoms with van der Waals surface area (Å²) < 4.78 is 17.8. The Hall–Kier alpha value is -3.82. The fourth-order valence-electron chi connectivity index (χ4n) is 3.14. The molecule has 2 aromatic heterocycles. The molecule has 0 aliphatic carbocycles. The number of aliphatic hydroxyl groups excluding tert-OH is 1. The van der Waals surface area contributed by atoms with Crippen molar-refractivity contribution in [3.05, 3.63) is 77.3 Å². The first-order valence-corrected chi connectivity index (χ1v) is 11.1. The average Bonchev–Trinajstić information content (AvgIpc) is 3.28. The van der Waals surface area contributed by atoms with Gasteiger partial charge in [0.2, 0.25) is 0 Å². The predicted octanol–water partition coefficient (Wildman–Crippen LogP) is 4.12. The SMILES string of the molecule is Nc1ncc(OC(=O)NCCO)c2scc(COc3cccc(OCc4ccccc4)c3)c12. The maximum absolute atomic E-state index is 11.9. The lowest BCUT2D eigenvalue weighted by Crippen LogP contribution is -2.29. The van der Waals surface area contributed by atoms with Gasteiger partial charge >= 0.3 is 6.09 Å². The van der Waals surface area contributed by atoms with Crippen molar-refractivity contribution < 1.29 is 24.1 Å². The molecule has 4 N–H and O–H groups in total. The fourth-order valence-corrected chi connectivity index (χ4v) is 4.15. The number of thiophene rings is 1. The number of carbonyl (C=O) groups excluding carboxylic acids is 1. The van der Waals surface area contributed by atoms with Gasteiger partial charge < -0.3 is 30.4 Å². The van der Waals surface area contributed by atoms with Crippen molar-refractivity contribution in [2.75, 3.05) is 18.9 Å². The van der Waals surface area contributed by atoms with Gasteiger partial charge in [-0.15, -0.1) is 11.3 Å². The summed E-state index contributed by atoms with van der Waals surface area (Å²) in [6, 6.07) is 17.4. The highest BCUT2D eigenvalue weighted by Crippen LogP contribution is 2.37. The number of rotatable bonds is 9. The van der Waals surface area contributed by atoms with Gasteiger partial charge in [-0.1, -0.05) is 36.4 Å². The molecule has 0 bridgehead atoms. The number of pyridine rings is 1. The molecule has 2 aromatic carbocycles. The highest BCUT2D eigenvalue weighted by molar-refractivity contribution is 7.17. The third-order valence-electron chi connectivity index (χ3n) is 4.70. The topological polar surface area (TPSA) is 116 Å².